The van der Waals surface area contributed by atoms with Crippen molar-refractivity contribution in [3.05, 3.63) is 64.2 Å². The minimum Gasteiger partial charge on any atom is -0.293 e. The van der Waals surface area contributed by atoms with Gasteiger partial charge in [-0.05, 0) is 62.8 Å². The summed E-state index contributed by atoms with van der Waals surface area (Å²) in [7, 11) is 3.92. The summed E-state index contributed by atoms with van der Waals surface area (Å²) in [4.78, 5) is 18.2. The van der Waals surface area contributed by atoms with Crippen molar-refractivity contribution in [2.24, 2.45) is 0 Å². The van der Waals surface area contributed by atoms with Crippen molar-refractivity contribution in [1.82, 2.24) is 19.1 Å². The van der Waals surface area contributed by atoms with Crippen molar-refractivity contribution in [3.63, 3.8) is 0 Å². The van der Waals surface area contributed by atoms with E-state index in [9.17, 15) is 4.79 Å². The third-order valence-electron chi connectivity index (χ3n) is 3.61. The average Bonchev–Trinajstić information content (AvgIpc) is 2.90. The lowest BCUT2D eigenvalue weighted by Crippen LogP contribution is -2.16. The first-order chi connectivity index (χ1) is 12.0. The average molecular weight is 351 g/mol. The topological polar surface area (TPSA) is 77.7 Å². The van der Waals surface area contributed by atoms with E-state index in [2.05, 4.69) is 16.2 Å². The highest BCUT2D eigenvalue weighted by molar-refractivity contribution is 7.97. The number of nitriles is 1. The number of hydrogen-bond acceptors (Lipinski definition) is 5. The Labute approximate surface area is 149 Å². The molecule has 25 heavy (non-hydrogen) atoms. The zero-order valence-electron chi connectivity index (χ0n) is 14.1. The third kappa shape index (κ3) is 3.50. The Bertz CT molecular complexity index is 978. The quantitative estimate of drug-likeness (QED) is 0.731. The van der Waals surface area contributed by atoms with Gasteiger partial charge in [0, 0.05) is 16.8 Å². The maximum Gasteiger partial charge on any atom is 0.280 e. The van der Waals surface area contributed by atoms with Crippen molar-refractivity contribution in [3.8, 4) is 23.0 Å². The van der Waals surface area contributed by atoms with Gasteiger partial charge in [0.15, 0.2) is 5.82 Å². The highest BCUT2D eigenvalue weighted by atomic mass is 32.2. The van der Waals surface area contributed by atoms with E-state index in [4.69, 9.17) is 5.26 Å². The Morgan fingerprint density at radius 3 is 2.48 bits per heavy atom. The SMILES string of the molecule is Cc1[nH]n(-c2ccc(SN(C)C)cn2)c(=O)c1-c1ccc(C#N)cc1. The number of rotatable bonds is 4. The number of hydrogen-bond donors (Lipinski definition) is 1. The van der Waals surface area contributed by atoms with Crippen LogP contribution in [0.5, 0.6) is 0 Å². The van der Waals surface area contributed by atoms with Crippen LogP contribution in [0.25, 0.3) is 16.9 Å². The van der Waals surface area contributed by atoms with E-state index < -0.39 is 0 Å². The minimum absolute atomic E-state index is 0.164. The molecule has 0 saturated carbocycles. The van der Waals surface area contributed by atoms with Crippen LogP contribution in [0.15, 0.2) is 52.3 Å². The Morgan fingerprint density at radius 1 is 1.20 bits per heavy atom. The summed E-state index contributed by atoms with van der Waals surface area (Å²) in [6, 6.07) is 12.8. The molecule has 0 atom stereocenters. The molecule has 6 nitrogen and oxygen atoms in total. The number of benzene rings is 1. The largest absolute Gasteiger partial charge is 0.293 e. The molecule has 2 aromatic heterocycles. The van der Waals surface area contributed by atoms with Gasteiger partial charge in [0.25, 0.3) is 5.56 Å². The minimum atomic E-state index is -0.164. The van der Waals surface area contributed by atoms with Gasteiger partial charge in [0.05, 0.1) is 17.2 Å². The van der Waals surface area contributed by atoms with Gasteiger partial charge >= 0.3 is 0 Å². The van der Waals surface area contributed by atoms with E-state index in [-0.39, 0.29) is 5.56 Å². The van der Waals surface area contributed by atoms with Crippen LogP contribution in [0.4, 0.5) is 0 Å². The molecule has 2 heterocycles. The number of aromatic amines is 1. The molecule has 1 N–H and O–H groups in total. The first-order valence-corrected chi connectivity index (χ1v) is 8.41. The fraction of sp³-hybridized carbons (Fsp3) is 0.167. The molecular formula is C18H17N5OS. The van der Waals surface area contributed by atoms with Gasteiger partial charge < -0.3 is 0 Å². The van der Waals surface area contributed by atoms with E-state index >= 15 is 0 Å². The van der Waals surface area contributed by atoms with Crippen LogP contribution in [0.1, 0.15) is 11.3 Å². The van der Waals surface area contributed by atoms with Crippen molar-refractivity contribution in [1.29, 1.82) is 5.26 Å². The summed E-state index contributed by atoms with van der Waals surface area (Å²) in [5.41, 5.74) is 2.51. The lowest BCUT2D eigenvalue weighted by Gasteiger charge is -2.08. The lowest BCUT2D eigenvalue weighted by molar-refractivity contribution is 0.702. The molecule has 3 rings (SSSR count). The molecule has 3 aromatic rings. The molecule has 0 bridgehead atoms. The van der Waals surface area contributed by atoms with Gasteiger partial charge in [0.1, 0.15) is 0 Å². The Kier molecular flexibility index (Phi) is 4.74. The number of aromatic nitrogens is 3. The molecule has 1 aromatic carbocycles. The van der Waals surface area contributed by atoms with Gasteiger partial charge in [-0.1, -0.05) is 12.1 Å². The number of nitrogens with zero attached hydrogens (tertiary/aromatic N) is 4. The van der Waals surface area contributed by atoms with Gasteiger partial charge in [-0.2, -0.15) is 5.26 Å². The van der Waals surface area contributed by atoms with Crippen molar-refractivity contribution in [2.45, 2.75) is 11.8 Å². The molecule has 0 radical (unpaired) electrons. The molecule has 0 spiro atoms. The summed E-state index contributed by atoms with van der Waals surface area (Å²) < 4.78 is 3.41. The first-order valence-electron chi connectivity index (χ1n) is 7.63. The number of nitrogens with one attached hydrogen (secondary N) is 1. The highest BCUT2D eigenvalue weighted by Gasteiger charge is 2.15. The fourth-order valence-corrected chi connectivity index (χ4v) is 3.18. The monoisotopic (exact) mass is 351 g/mol. The smallest absolute Gasteiger partial charge is 0.280 e. The van der Waals surface area contributed by atoms with Crippen LogP contribution in [-0.4, -0.2) is 33.2 Å². The van der Waals surface area contributed by atoms with Crippen molar-refractivity contribution < 1.29 is 0 Å². The number of aryl methyl sites for hydroxylation is 1. The Balaban J connectivity index is 1.99. The van der Waals surface area contributed by atoms with Crippen LogP contribution < -0.4 is 5.56 Å². The number of H-pyrrole nitrogens is 1. The summed E-state index contributed by atoms with van der Waals surface area (Å²) in [5, 5.41) is 12.0. The van der Waals surface area contributed by atoms with Crippen LogP contribution in [0.2, 0.25) is 0 Å². The predicted molar refractivity (Wildman–Crippen MR) is 98.6 cm³/mol. The van der Waals surface area contributed by atoms with Gasteiger partial charge in [-0.3, -0.25) is 14.2 Å². The normalized spacial score (nSPS) is 10.8. The first kappa shape index (κ1) is 17.0. The molecule has 7 heteroatoms. The number of pyridine rings is 1. The summed E-state index contributed by atoms with van der Waals surface area (Å²) >= 11 is 1.56. The van der Waals surface area contributed by atoms with E-state index in [0.29, 0.717) is 16.9 Å². The highest BCUT2D eigenvalue weighted by Crippen LogP contribution is 2.21. The summed E-state index contributed by atoms with van der Waals surface area (Å²) in [6.07, 6.45) is 1.74. The molecular weight excluding hydrogens is 334 g/mol. The Morgan fingerprint density at radius 2 is 1.92 bits per heavy atom. The van der Waals surface area contributed by atoms with Crippen LogP contribution >= 0.6 is 11.9 Å². The maximum absolute atomic E-state index is 12.8. The molecule has 0 amide bonds. The Hall–Kier alpha value is -2.82. The molecule has 0 saturated heterocycles. The molecule has 0 aliphatic heterocycles. The molecule has 0 fully saturated rings. The van der Waals surface area contributed by atoms with Crippen molar-refractivity contribution >= 4 is 11.9 Å². The maximum atomic E-state index is 12.8. The fourth-order valence-electron chi connectivity index (χ4n) is 2.53. The van der Waals surface area contributed by atoms with E-state index in [1.807, 2.05) is 37.5 Å². The van der Waals surface area contributed by atoms with Crippen LogP contribution in [0, 0.1) is 18.3 Å². The predicted octanol–water partition coefficient (Wildman–Crippen LogP) is 2.98. The van der Waals surface area contributed by atoms with Crippen LogP contribution in [-0.2, 0) is 0 Å². The zero-order valence-corrected chi connectivity index (χ0v) is 15.0. The molecule has 0 unspecified atom stereocenters. The van der Waals surface area contributed by atoms with E-state index in [0.717, 1.165) is 16.2 Å². The zero-order chi connectivity index (χ0) is 18.0. The second kappa shape index (κ2) is 6.97. The van der Waals surface area contributed by atoms with Gasteiger partial charge in [-0.25, -0.2) is 9.67 Å². The summed E-state index contributed by atoms with van der Waals surface area (Å²) in [5.74, 6) is 0.538. The molecule has 0 aliphatic carbocycles. The van der Waals surface area contributed by atoms with Gasteiger partial charge in [-0.15, -0.1) is 0 Å². The van der Waals surface area contributed by atoms with Crippen LogP contribution in [0.3, 0.4) is 0 Å². The summed E-state index contributed by atoms with van der Waals surface area (Å²) in [6.45, 7) is 1.85. The van der Waals surface area contributed by atoms with E-state index in [1.54, 1.807) is 42.4 Å². The van der Waals surface area contributed by atoms with Gasteiger partial charge in [0.2, 0.25) is 0 Å². The lowest BCUT2D eigenvalue weighted by atomic mass is 10.1. The van der Waals surface area contributed by atoms with E-state index in [1.165, 1.54) is 4.68 Å². The third-order valence-corrected chi connectivity index (χ3v) is 4.43. The second-order valence-corrected chi connectivity index (χ2v) is 7.08. The second-order valence-electron chi connectivity index (χ2n) is 5.70. The van der Waals surface area contributed by atoms with Crippen molar-refractivity contribution in [2.75, 3.05) is 14.1 Å². The standard InChI is InChI=1S/C18H17N5OS/c1-12-17(14-6-4-13(10-19)5-7-14)18(24)23(21-12)16-9-8-15(11-20-16)25-22(2)3/h4-9,11,21H,1-3H3. The molecule has 0 aliphatic rings. The molecule has 126 valence electrons.